The van der Waals surface area contributed by atoms with Crippen LogP contribution in [0, 0.1) is 0 Å². The summed E-state index contributed by atoms with van der Waals surface area (Å²) in [6.07, 6.45) is 1.12. The molecule has 2 aromatic rings. The Hall–Kier alpha value is -2.49. The van der Waals surface area contributed by atoms with E-state index in [0.29, 0.717) is 26.0 Å². The standard InChI is InChI=1S/C22H29NO3/c1-22(2,3)18-11-13-19(14-12-18)26-15-7-10-21(24)23-16-17-8-5-6-9-20(17)25-4/h5-6,8-9,11-14H,7,10,15-16H2,1-4H3,(H,23,24). The zero-order valence-corrected chi connectivity index (χ0v) is 16.2. The number of para-hydroxylation sites is 1. The van der Waals surface area contributed by atoms with Crippen LogP contribution in [0.5, 0.6) is 11.5 Å². The molecule has 1 amide bonds. The molecule has 0 saturated heterocycles. The van der Waals surface area contributed by atoms with Crippen molar-refractivity contribution in [2.24, 2.45) is 0 Å². The molecule has 4 heteroatoms. The number of carbonyl (C=O) groups excluding carboxylic acids is 1. The van der Waals surface area contributed by atoms with Crippen molar-refractivity contribution in [3.8, 4) is 11.5 Å². The van der Waals surface area contributed by atoms with Crippen LogP contribution in [0.3, 0.4) is 0 Å². The van der Waals surface area contributed by atoms with E-state index in [4.69, 9.17) is 9.47 Å². The van der Waals surface area contributed by atoms with Crippen molar-refractivity contribution in [2.45, 2.75) is 45.6 Å². The number of amides is 1. The van der Waals surface area contributed by atoms with E-state index in [9.17, 15) is 4.79 Å². The average Bonchev–Trinajstić information content (AvgIpc) is 2.63. The van der Waals surface area contributed by atoms with E-state index < -0.39 is 0 Å². The molecule has 0 aliphatic carbocycles. The van der Waals surface area contributed by atoms with Crippen molar-refractivity contribution in [2.75, 3.05) is 13.7 Å². The Morgan fingerprint density at radius 1 is 1.04 bits per heavy atom. The van der Waals surface area contributed by atoms with E-state index in [0.717, 1.165) is 17.1 Å². The Labute approximate surface area is 156 Å². The number of methoxy groups -OCH3 is 1. The minimum absolute atomic E-state index is 0.0163. The Balaban J connectivity index is 1.68. The summed E-state index contributed by atoms with van der Waals surface area (Å²) in [5, 5.41) is 2.92. The molecule has 1 N–H and O–H groups in total. The second-order valence-electron chi connectivity index (χ2n) is 7.31. The zero-order chi connectivity index (χ0) is 19.0. The largest absolute Gasteiger partial charge is 0.496 e. The minimum atomic E-state index is 0.0163. The van der Waals surface area contributed by atoms with Gasteiger partial charge in [-0.25, -0.2) is 0 Å². The van der Waals surface area contributed by atoms with Gasteiger partial charge in [0.2, 0.25) is 5.91 Å². The van der Waals surface area contributed by atoms with E-state index in [1.165, 1.54) is 5.56 Å². The first-order chi connectivity index (χ1) is 12.4. The van der Waals surface area contributed by atoms with Crippen LogP contribution in [-0.2, 0) is 16.8 Å². The molecule has 2 aromatic carbocycles. The van der Waals surface area contributed by atoms with Gasteiger partial charge in [-0.15, -0.1) is 0 Å². The van der Waals surface area contributed by atoms with Crippen molar-refractivity contribution in [1.29, 1.82) is 0 Å². The molecule has 0 saturated carbocycles. The van der Waals surface area contributed by atoms with Gasteiger partial charge in [0.05, 0.1) is 13.7 Å². The second-order valence-corrected chi connectivity index (χ2v) is 7.31. The van der Waals surface area contributed by atoms with E-state index in [2.05, 4.69) is 38.2 Å². The Bertz CT molecular complexity index is 702. The zero-order valence-electron chi connectivity index (χ0n) is 16.2. The van der Waals surface area contributed by atoms with Crippen molar-refractivity contribution in [3.63, 3.8) is 0 Å². The smallest absolute Gasteiger partial charge is 0.220 e. The van der Waals surface area contributed by atoms with Gasteiger partial charge in [-0.3, -0.25) is 4.79 Å². The summed E-state index contributed by atoms with van der Waals surface area (Å²) in [5.74, 6) is 1.64. The van der Waals surface area contributed by atoms with Gasteiger partial charge in [0.25, 0.3) is 0 Å². The fraction of sp³-hybridized carbons (Fsp3) is 0.409. The third-order valence-electron chi connectivity index (χ3n) is 4.21. The molecule has 0 aromatic heterocycles. The third kappa shape index (κ3) is 6.10. The Kier molecular flexibility index (Phi) is 7.07. The summed E-state index contributed by atoms with van der Waals surface area (Å²) in [6.45, 7) is 7.56. The Morgan fingerprint density at radius 2 is 1.73 bits per heavy atom. The first-order valence-electron chi connectivity index (χ1n) is 9.02. The summed E-state index contributed by atoms with van der Waals surface area (Å²) < 4.78 is 11.0. The monoisotopic (exact) mass is 355 g/mol. The van der Waals surface area contributed by atoms with Gasteiger partial charge in [-0.05, 0) is 35.6 Å². The number of nitrogens with one attached hydrogen (secondary N) is 1. The number of hydrogen-bond acceptors (Lipinski definition) is 3. The molecule has 4 nitrogen and oxygen atoms in total. The molecular formula is C22H29NO3. The van der Waals surface area contributed by atoms with Gasteiger partial charge in [0, 0.05) is 18.5 Å². The fourth-order valence-electron chi connectivity index (χ4n) is 2.61. The van der Waals surface area contributed by atoms with Crippen LogP contribution in [0.2, 0.25) is 0 Å². The van der Waals surface area contributed by atoms with Crippen molar-refractivity contribution in [1.82, 2.24) is 5.32 Å². The van der Waals surface area contributed by atoms with Crippen molar-refractivity contribution < 1.29 is 14.3 Å². The highest BCUT2D eigenvalue weighted by atomic mass is 16.5. The lowest BCUT2D eigenvalue weighted by atomic mass is 9.87. The highest BCUT2D eigenvalue weighted by Crippen LogP contribution is 2.24. The molecule has 0 fully saturated rings. The second kappa shape index (κ2) is 9.27. The Morgan fingerprint density at radius 3 is 2.38 bits per heavy atom. The van der Waals surface area contributed by atoms with Crippen LogP contribution >= 0.6 is 0 Å². The normalized spacial score (nSPS) is 11.1. The van der Waals surface area contributed by atoms with E-state index in [1.807, 2.05) is 36.4 Å². The van der Waals surface area contributed by atoms with Gasteiger partial charge < -0.3 is 14.8 Å². The summed E-state index contributed by atoms with van der Waals surface area (Å²) in [6, 6.07) is 15.8. The first kappa shape index (κ1) is 19.8. The maximum absolute atomic E-state index is 12.0. The minimum Gasteiger partial charge on any atom is -0.496 e. The lowest BCUT2D eigenvalue weighted by Gasteiger charge is -2.19. The number of ether oxygens (including phenoxy) is 2. The summed E-state index contributed by atoms with van der Waals surface area (Å²) >= 11 is 0. The molecular weight excluding hydrogens is 326 g/mol. The molecule has 0 aliphatic heterocycles. The lowest BCUT2D eigenvalue weighted by molar-refractivity contribution is -0.121. The van der Waals surface area contributed by atoms with Crippen LogP contribution in [0.4, 0.5) is 0 Å². The first-order valence-corrected chi connectivity index (χ1v) is 9.02. The molecule has 0 atom stereocenters. The van der Waals surface area contributed by atoms with E-state index in [-0.39, 0.29) is 11.3 Å². The van der Waals surface area contributed by atoms with Crippen LogP contribution in [-0.4, -0.2) is 19.6 Å². The number of hydrogen-bond donors (Lipinski definition) is 1. The van der Waals surface area contributed by atoms with Gasteiger partial charge >= 0.3 is 0 Å². The van der Waals surface area contributed by atoms with Crippen molar-refractivity contribution in [3.05, 3.63) is 59.7 Å². The molecule has 0 spiro atoms. The highest BCUT2D eigenvalue weighted by Gasteiger charge is 2.13. The topological polar surface area (TPSA) is 47.6 Å². The summed E-state index contributed by atoms with van der Waals surface area (Å²) in [5.41, 5.74) is 2.39. The van der Waals surface area contributed by atoms with Crippen LogP contribution < -0.4 is 14.8 Å². The molecule has 26 heavy (non-hydrogen) atoms. The molecule has 0 bridgehead atoms. The highest BCUT2D eigenvalue weighted by molar-refractivity contribution is 5.75. The van der Waals surface area contributed by atoms with Gasteiger partial charge in [-0.2, -0.15) is 0 Å². The maximum Gasteiger partial charge on any atom is 0.220 e. The van der Waals surface area contributed by atoms with Gasteiger partial charge in [0.1, 0.15) is 11.5 Å². The predicted octanol–water partition coefficient (Wildman–Crippen LogP) is 4.47. The third-order valence-corrected chi connectivity index (χ3v) is 4.21. The predicted molar refractivity (Wildman–Crippen MR) is 105 cm³/mol. The maximum atomic E-state index is 12.0. The lowest BCUT2D eigenvalue weighted by Crippen LogP contribution is -2.23. The van der Waals surface area contributed by atoms with E-state index >= 15 is 0 Å². The quantitative estimate of drug-likeness (QED) is 0.711. The SMILES string of the molecule is COc1ccccc1CNC(=O)CCCOc1ccc(C(C)(C)C)cc1. The summed E-state index contributed by atoms with van der Waals surface area (Å²) in [4.78, 5) is 12.0. The number of rotatable bonds is 8. The number of benzene rings is 2. The molecule has 0 heterocycles. The van der Waals surface area contributed by atoms with Gasteiger partial charge in [0.15, 0.2) is 0 Å². The molecule has 140 valence electrons. The fourth-order valence-corrected chi connectivity index (χ4v) is 2.61. The molecule has 0 radical (unpaired) electrons. The summed E-state index contributed by atoms with van der Waals surface area (Å²) in [7, 11) is 1.63. The van der Waals surface area contributed by atoms with Gasteiger partial charge in [-0.1, -0.05) is 51.1 Å². The average molecular weight is 355 g/mol. The van der Waals surface area contributed by atoms with Crippen LogP contribution in [0.15, 0.2) is 48.5 Å². The van der Waals surface area contributed by atoms with E-state index in [1.54, 1.807) is 7.11 Å². The van der Waals surface area contributed by atoms with Crippen molar-refractivity contribution >= 4 is 5.91 Å². The number of carbonyl (C=O) groups is 1. The van der Waals surface area contributed by atoms with Crippen LogP contribution in [0.1, 0.15) is 44.7 Å². The molecule has 2 rings (SSSR count). The molecule has 0 aliphatic rings. The van der Waals surface area contributed by atoms with Crippen LogP contribution in [0.25, 0.3) is 0 Å². The molecule has 0 unspecified atom stereocenters.